The summed E-state index contributed by atoms with van der Waals surface area (Å²) in [6.07, 6.45) is 10.4. The van der Waals surface area contributed by atoms with Gasteiger partial charge in [-0.2, -0.15) is 0 Å². The van der Waals surface area contributed by atoms with Crippen LogP contribution in [0.4, 0.5) is 0 Å². The van der Waals surface area contributed by atoms with E-state index in [1.54, 1.807) is 0 Å². The normalized spacial score (nSPS) is 25.2. The molecule has 0 spiro atoms. The molecule has 2 rings (SSSR count). The first-order valence-electron chi connectivity index (χ1n) is 7.56. The van der Waals surface area contributed by atoms with E-state index in [-0.39, 0.29) is 12.0 Å². The Morgan fingerprint density at radius 1 is 1.06 bits per heavy atom. The fourth-order valence-corrected chi connectivity index (χ4v) is 3.18. The van der Waals surface area contributed by atoms with Gasteiger partial charge in [0.05, 0.1) is 7.11 Å². The van der Waals surface area contributed by atoms with Crippen molar-refractivity contribution in [1.82, 2.24) is 5.32 Å². The summed E-state index contributed by atoms with van der Waals surface area (Å²) < 4.78 is 4.93. The zero-order valence-corrected chi connectivity index (χ0v) is 11.8. The van der Waals surface area contributed by atoms with E-state index in [1.807, 2.05) is 0 Å². The number of nitrogens with one attached hydrogen (secondary N) is 1. The van der Waals surface area contributed by atoms with Crippen LogP contribution in [0.25, 0.3) is 0 Å². The molecule has 0 amide bonds. The molecule has 2 fully saturated rings. The van der Waals surface area contributed by atoms with Gasteiger partial charge in [-0.05, 0) is 44.4 Å². The first-order valence-corrected chi connectivity index (χ1v) is 7.56. The van der Waals surface area contributed by atoms with Crippen LogP contribution < -0.4 is 5.32 Å². The fraction of sp³-hybridized carbons (Fsp3) is 0.933. The second kappa shape index (κ2) is 6.55. The van der Waals surface area contributed by atoms with Crippen LogP contribution in [0, 0.1) is 11.8 Å². The van der Waals surface area contributed by atoms with Crippen LogP contribution in [-0.4, -0.2) is 25.2 Å². The van der Waals surface area contributed by atoms with E-state index in [9.17, 15) is 4.79 Å². The maximum atomic E-state index is 11.8. The molecule has 2 saturated carbocycles. The molecule has 0 aromatic carbocycles. The average Bonchev–Trinajstić information content (AvgIpc) is 3.20. The van der Waals surface area contributed by atoms with Gasteiger partial charge < -0.3 is 10.1 Å². The van der Waals surface area contributed by atoms with Gasteiger partial charge in [-0.25, -0.2) is 0 Å². The quantitative estimate of drug-likeness (QED) is 0.605. The van der Waals surface area contributed by atoms with Crippen molar-refractivity contribution in [3.05, 3.63) is 0 Å². The van der Waals surface area contributed by atoms with Crippen molar-refractivity contribution in [2.24, 2.45) is 11.8 Å². The number of esters is 1. The van der Waals surface area contributed by atoms with Gasteiger partial charge in [0.25, 0.3) is 0 Å². The summed E-state index contributed by atoms with van der Waals surface area (Å²) in [5, 5.41) is 3.55. The van der Waals surface area contributed by atoms with Crippen LogP contribution in [-0.2, 0) is 9.53 Å². The van der Waals surface area contributed by atoms with E-state index in [2.05, 4.69) is 12.2 Å². The number of carbonyl (C=O) groups is 1. The molecule has 1 N–H and O–H groups in total. The van der Waals surface area contributed by atoms with Crippen molar-refractivity contribution in [3.8, 4) is 0 Å². The third-order valence-electron chi connectivity index (χ3n) is 4.60. The predicted molar refractivity (Wildman–Crippen MR) is 72.3 cm³/mol. The standard InChI is InChI=1S/C15H27NO2/c1-11(12-7-5-3-4-6-8-12)16-14(13-9-10-13)15(17)18-2/h11-14,16H,3-10H2,1-2H3/t11-,14?/m0/s1. The molecule has 2 aliphatic carbocycles. The molecule has 104 valence electrons. The largest absolute Gasteiger partial charge is 0.468 e. The molecule has 0 saturated heterocycles. The SMILES string of the molecule is COC(=O)C(N[C@@H](C)C1CCCCCC1)C1CC1. The van der Waals surface area contributed by atoms with Crippen molar-refractivity contribution in [3.63, 3.8) is 0 Å². The molecule has 0 aromatic rings. The van der Waals surface area contributed by atoms with Crippen molar-refractivity contribution < 1.29 is 9.53 Å². The molecule has 3 nitrogen and oxygen atoms in total. The van der Waals surface area contributed by atoms with Gasteiger partial charge in [0.2, 0.25) is 0 Å². The van der Waals surface area contributed by atoms with Crippen molar-refractivity contribution in [1.29, 1.82) is 0 Å². The summed E-state index contributed by atoms with van der Waals surface area (Å²) in [7, 11) is 1.50. The highest BCUT2D eigenvalue weighted by Crippen LogP contribution is 2.34. The fourth-order valence-electron chi connectivity index (χ4n) is 3.18. The first kappa shape index (κ1) is 13.9. The predicted octanol–water partition coefficient (Wildman–Crippen LogP) is 2.89. The molecule has 0 heterocycles. The Morgan fingerprint density at radius 2 is 1.67 bits per heavy atom. The van der Waals surface area contributed by atoms with E-state index in [0.29, 0.717) is 12.0 Å². The topological polar surface area (TPSA) is 38.3 Å². The Labute approximate surface area is 111 Å². The van der Waals surface area contributed by atoms with Crippen LogP contribution >= 0.6 is 0 Å². The second-order valence-electron chi connectivity index (χ2n) is 6.05. The highest BCUT2D eigenvalue weighted by Gasteiger charge is 2.38. The lowest BCUT2D eigenvalue weighted by molar-refractivity contribution is -0.144. The average molecular weight is 253 g/mol. The Morgan fingerprint density at radius 3 is 2.17 bits per heavy atom. The summed E-state index contributed by atoms with van der Waals surface area (Å²) in [6, 6.07) is 0.376. The Balaban J connectivity index is 1.86. The first-order chi connectivity index (χ1) is 8.72. The highest BCUT2D eigenvalue weighted by atomic mass is 16.5. The van der Waals surface area contributed by atoms with Gasteiger partial charge in [-0.15, -0.1) is 0 Å². The number of hydrogen-bond acceptors (Lipinski definition) is 3. The zero-order chi connectivity index (χ0) is 13.0. The molecular weight excluding hydrogens is 226 g/mol. The number of rotatable bonds is 5. The lowest BCUT2D eigenvalue weighted by Gasteiger charge is -2.27. The third-order valence-corrected chi connectivity index (χ3v) is 4.60. The maximum absolute atomic E-state index is 11.8. The van der Waals surface area contributed by atoms with Crippen LogP contribution in [0.2, 0.25) is 0 Å². The van der Waals surface area contributed by atoms with Crippen molar-refractivity contribution >= 4 is 5.97 Å². The van der Waals surface area contributed by atoms with Crippen LogP contribution in [0.15, 0.2) is 0 Å². The van der Waals surface area contributed by atoms with Gasteiger partial charge in [-0.1, -0.05) is 25.7 Å². The summed E-state index contributed by atoms with van der Waals surface area (Å²) in [4.78, 5) is 11.8. The number of carbonyl (C=O) groups excluding carboxylic acids is 1. The zero-order valence-electron chi connectivity index (χ0n) is 11.8. The van der Waals surface area contributed by atoms with Crippen LogP contribution in [0.5, 0.6) is 0 Å². The molecule has 0 aromatic heterocycles. The van der Waals surface area contributed by atoms with Gasteiger partial charge in [0, 0.05) is 6.04 Å². The summed E-state index contributed by atoms with van der Waals surface area (Å²) in [5.41, 5.74) is 0. The molecule has 18 heavy (non-hydrogen) atoms. The monoisotopic (exact) mass is 253 g/mol. The molecule has 2 aliphatic rings. The minimum atomic E-state index is -0.0713. The molecule has 0 bridgehead atoms. The van der Waals surface area contributed by atoms with E-state index < -0.39 is 0 Å². The Bertz CT molecular complexity index is 268. The molecule has 1 unspecified atom stereocenters. The molecule has 2 atom stereocenters. The minimum Gasteiger partial charge on any atom is -0.468 e. The van der Waals surface area contributed by atoms with Crippen LogP contribution in [0.1, 0.15) is 58.3 Å². The third kappa shape index (κ3) is 3.71. The molecular formula is C15H27NO2. The van der Waals surface area contributed by atoms with E-state index in [1.165, 1.54) is 58.5 Å². The maximum Gasteiger partial charge on any atom is 0.323 e. The summed E-state index contributed by atoms with van der Waals surface area (Å²) >= 11 is 0. The van der Waals surface area contributed by atoms with E-state index in [0.717, 1.165) is 5.92 Å². The lowest BCUT2D eigenvalue weighted by Crippen LogP contribution is -2.47. The molecule has 3 heteroatoms. The number of ether oxygens (including phenoxy) is 1. The smallest absolute Gasteiger partial charge is 0.323 e. The van der Waals surface area contributed by atoms with Crippen molar-refractivity contribution in [2.75, 3.05) is 7.11 Å². The lowest BCUT2D eigenvalue weighted by atomic mass is 9.92. The summed E-state index contributed by atoms with van der Waals surface area (Å²) in [5.74, 6) is 1.18. The molecule has 0 aliphatic heterocycles. The Hall–Kier alpha value is -0.570. The van der Waals surface area contributed by atoms with E-state index >= 15 is 0 Å². The van der Waals surface area contributed by atoms with E-state index in [4.69, 9.17) is 4.74 Å². The van der Waals surface area contributed by atoms with Crippen molar-refractivity contribution in [2.45, 2.75) is 70.4 Å². The number of hydrogen-bond donors (Lipinski definition) is 1. The van der Waals surface area contributed by atoms with Gasteiger partial charge in [-0.3, -0.25) is 4.79 Å². The summed E-state index contributed by atoms with van der Waals surface area (Å²) in [6.45, 7) is 2.24. The molecule has 0 radical (unpaired) electrons. The van der Waals surface area contributed by atoms with Crippen LogP contribution in [0.3, 0.4) is 0 Å². The highest BCUT2D eigenvalue weighted by molar-refractivity contribution is 5.76. The number of methoxy groups -OCH3 is 1. The van der Waals surface area contributed by atoms with Gasteiger partial charge in [0.15, 0.2) is 0 Å². The van der Waals surface area contributed by atoms with Gasteiger partial charge in [0.1, 0.15) is 6.04 Å². The van der Waals surface area contributed by atoms with Gasteiger partial charge >= 0.3 is 5.97 Å². The second-order valence-corrected chi connectivity index (χ2v) is 6.05. The minimum absolute atomic E-state index is 0.0618. The Kier molecular flexibility index (Phi) is 5.04.